The van der Waals surface area contributed by atoms with Crippen LogP contribution in [0.5, 0.6) is 0 Å². The Labute approximate surface area is 169 Å². The van der Waals surface area contributed by atoms with E-state index in [0.717, 1.165) is 5.88 Å². The summed E-state index contributed by atoms with van der Waals surface area (Å²) in [4.78, 5) is 24.0. The molecule has 3 N–H and O–H groups in total. The molecule has 5 heterocycles. The third-order valence-electron chi connectivity index (χ3n) is 4.85. The average molecular weight is 415 g/mol. The smallest absolute Gasteiger partial charge is 0.207 e. The van der Waals surface area contributed by atoms with Crippen LogP contribution in [0.15, 0.2) is 35.2 Å². The van der Waals surface area contributed by atoms with Gasteiger partial charge in [-0.2, -0.15) is 4.39 Å². The van der Waals surface area contributed by atoms with Gasteiger partial charge in [-0.3, -0.25) is 0 Å². The van der Waals surface area contributed by atoms with Gasteiger partial charge in [0.05, 0.1) is 18.0 Å². The van der Waals surface area contributed by atoms with E-state index in [4.69, 9.17) is 21.8 Å². The first-order valence-corrected chi connectivity index (χ1v) is 9.34. The molecule has 1 aliphatic rings. The second kappa shape index (κ2) is 6.89. The van der Waals surface area contributed by atoms with Gasteiger partial charge in [-0.25, -0.2) is 19.9 Å². The van der Waals surface area contributed by atoms with Crippen LogP contribution in [0.4, 0.5) is 21.9 Å². The molecule has 9 nitrogen and oxygen atoms in total. The van der Waals surface area contributed by atoms with Crippen LogP contribution < -0.4 is 15.5 Å². The van der Waals surface area contributed by atoms with E-state index in [2.05, 4.69) is 29.8 Å². The molecule has 0 bridgehead atoms. The van der Waals surface area contributed by atoms with E-state index < -0.39 is 5.82 Å². The molecule has 1 fully saturated rings. The summed E-state index contributed by atoms with van der Waals surface area (Å²) in [7, 11) is 0. The van der Waals surface area contributed by atoms with Gasteiger partial charge >= 0.3 is 0 Å². The highest BCUT2D eigenvalue weighted by Gasteiger charge is 2.25. The van der Waals surface area contributed by atoms with Crippen molar-refractivity contribution in [3.05, 3.63) is 41.8 Å². The number of halogens is 2. The Morgan fingerprint density at radius 3 is 2.69 bits per heavy atom. The van der Waals surface area contributed by atoms with Crippen molar-refractivity contribution >= 4 is 40.3 Å². The molecule has 0 atom stereocenters. The largest absolute Gasteiger partial charge is 0.449 e. The molecule has 0 radical (unpaired) electrons. The number of nitrogen functional groups attached to an aromatic ring is 1. The fraction of sp³-hybridized carbons (Fsp3) is 0.222. The lowest BCUT2D eigenvalue weighted by molar-refractivity contribution is 0.520. The number of furan rings is 1. The number of piperazine rings is 1. The van der Waals surface area contributed by atoms with E-state index in [1.54, 1.807) is 12.5 Å². The Kier molecular flexibility index (Phi) is 4.20. The Morgan fingerprint density at radius 2 is 1.93 bits per heavy atom. The normalized spacial score (nSPS) is 14.7. The fourth-order valence-corrected chi connectivity index (χ4v) is 3.54. The van der Waals surface area contributed by atoms with Crippen LogP contribution in [0.25, 0.3) is 22.6 Å². The number of nitrogens with one attached hydrogen (secondary N) is 1. The molecule has 29 heavy (non-hydrogen) atoms. The first-order chi connectivity index (χ1) is 14.1. The minimum atomic E-state index is -0.635. The minimum Gasteiger partial charge on any atom is -0.449 e. The number of nitrogens with two attached hydrogens (primary N) is 1. The second-order valence-corrected chi connectivity index (χ2v) is 6.97. The minimum absolute atomic E-state index is 0.163. The molecule has 11 heteroatoms. The van der Waals surface area contributed by atoms with Gasteiger partial charge < -0.3 is 24.9 Å². The van der Waals surface area contributed by atoms with Gasteiger partial charge in [0.25, 0.3) is 0 Å². The van der Waals surface area contributed by atoms with E-state index in [0.29, 0.717) is 42.9 Å². The molecule has 0 spiro atoms. The maximum absolute atomic E-state index is 14.8. The van der Waals surface area contributed by atoms with E-state index >= 15 is 0 Å². The quantitative estimate of drug-likeness (QED) is 0.526. The molecule has 0 amide bonds. The number of nitrogens with zero attached hydrogens (tertiary/aromatic N) is 6. The van der Waals surface area contributed by atoms with E-state index in [1.807, 2.05) is 17.0 Å². The highest BCUT2D eigenvalue weighted by atomic mass is 35.5. The number of rotatable bonds is 3. The zero-order chi connectivity index (χ0) is 20.0. The van der Waals surface area contributed by atoms with Crippen molar-refractivity contribution in [2.75, 3.05) is 41.7 Å². The zero-order valence-corrected chi connectivity index (χ0v) is 15.9. The van der Waals surface area contributed by atoms with Crippen LogP contribution in [0.2, 0.25) is 5.15 Å². The molecule has 4 aromatic rings. The maximum atomic E-state index is 14.8. The monoisotopic (exact) mass is 414 g/mol. The predicted octanol–water partition coefficient (Wildman–Crippen LogP) is 2.71. The lowest BCUT2D eigenvalue weighted by Gasteiger charge is -2.35. The van der Waals surface area contributed by atoms with Gasteiger partial charge in [0.1, 0.15) is 10.7 Å². The van der Waals surface area contributed by atoms with Crippen LogP contribution in [0.1, 0.15) is 0 Å². The lowest BCUT2D eigenvalue weighted by Crippen LogP contribution is -2.47. The topological polar surface area (TPSA) is 113 Å². The number of hydrogen-bond acceptors (Lipinski definition) is 8. The Bertz CT molecular complexity index is 1170. The summed E-state index contributed by atoms with van der Waals surface area (Å²) in [5.41, 5.74) is 7.44. The van der Waals surface area contributed by atoms with Crippen LogP contribution in [0, 0.1) is 5.82 Å². The van der Waals surface area contributed by atoms with Crippen LogP contribution >= 0.6 is 11.6 Å². The molecule has 148 valence electrons. The number of aromatic nitrogens is 5. The molecule has 5 rings (SSSR count). The fourth-order valence-electron chi connectivity index (χ4n) is 3.41. The van der Waals surface area contributed by atoms with Gasteiger partial charge in [0.2, 0.25) is 5.82 Å². The van der Waals surface area contributed by atoms with Gasteiger partial charge in [-0.1, -0.05) is 11.6 Å². The van der Waals surface area contributed by atoms with Crippen molar-refractivity contribution in [1.82, 2.24) is 24.9 Å². The Morgan fingerprint density at radius 1 is 1.14 bits per heavy atom. The zero-order valence-electron chi connectivity index (χ0n) is 15.1. The van der Waals surface area contributed by atoms with Crippen molar-refractivity contribution in [2.24, 2.45) is 0 Å². The van der Waals surface area contributed by atoms with Gasteiger partial charge in [0, 0.05) is 38.4 Å². The molecular weight excluding hydrogens is 399 g/mol. The van der Waals surface area contributed by atoms with Crippen molar-refractivity contribution in [1.29, 1.82) is 0 Å². The van der Waals surface area contributed by atoms with Crippen LogP contribution in [-0.2, 0) is 0 Å². The van der Waals surface area contributed by atoms with Gasteiger partial charge in [0.15, 0.2) is 29.0 Å². The summed E-state index contributed by atoms with van der Waals surface area (Å²) >= 11 is 5.97. The predicted molar refractivity (Wildman–Crippen MR) is 107 cm³/mol. The molecule has 0 unspecified atom stereocenters. The summed E-state index contributed by atoms with van der Waals surface area (Å²) in [5.74, 6) is 0.361. The molecule has 1 saturated heterocycles. The van der Waals surface area contributed by atoms with Crippen molar-refractivity contribution in [3.8, 4) is 11.4 Å². The van der Waals surface area contributed by atoms with E-state index in [-0.39, 0.29) is 22.6 Å². The van der Waals surface area contributed by atoms with E-state index in [9.17, 15) is 4.39 Å². The SMILES string of the molecule is Nc1nc(-c2c[nH]c3ncc(Cl)nc23)nc(N2CCN(c3ccco3)CC2)c1F. The third-order valence-corrected chi connectivity index (χ3v) is 5.03. The maximum Gasteiger partial charge on any atom is 0.207 e. The van der Waals surface area contributed by atoms with Crippen molar-refractivity contribution in [3.63, 3.8) is 0 Å². The Hall–Kier alpha value is -3.40. The number of anilines is 3. The first kappa shape index (κ1) is 17.7. The molecule has 0 aliphatic carbocycles. The highest BCUT2D eigenvalue weighted by Crippen LogP contribution is 2.30. The Balaban J connectivity index is 1.48. The lowest BCUT2D eigenvalue weighted by atomic mass is 10.2. The molecular formula is C18H16ClFN8O. The van der Waals surface area contributed by atoms with Crippen LogP contribution in [0.3, 0.4) is 0 Å². The number of H-pyrrole nitrogens is 1. The number of aromatic amines is 1. The van der Waals surface area contributed by atoms with Gasteiger partial charge in [-0.05, 0) is 6.07 Å². The summed E-state index contributed by atoms with van der Waals surface area (Å²) in [6, 6.07) is 3.75. The first-order valence-electron chi connectivity index (χ1n) is 8.96. The highest BCUT2D eigenvalue weighted by molar-refractivity contribution is 6.29. The molecule has 4 aromatic heterocycles. The summed E-state index contributed by atoms with van der Waals surface area (Å²) < 4.78 is 20.2. The van der Waals surface area contributed by atoms with Crippen molar-refractivity contribution in [2.45, 2.75) is 0 Å². The van der Waals surface area contributed by atoms with E-state index in [1.165, 1.54) is 6.20 Å². The summed E-state index contributed by atoms with van der Waals surface area (Å²) in [6.07, 6.45) is 4.73. The van der Waals surface area contributed by atoms with Crippen LogP contribution in [-0.4, -0.2) is 51.1 Å². The summed E-state index contributed by atoms with van der Waals surface area (Å²) in [6.45, 7) is 2.46. The molecule has 0 saturated carbocycles. The number of fused-ring (bicyclic) bond motifs is 1. The molecule has 1 aliphatic heterocycles. The second-order valence-electron chi connectivity index (χ2n) is 6.59. The summed E-state index contributed by atoms with van der Waals surface area (Å²) in [5, 5.41) is 0.239. The molecule has 0 aromatic carbocycles. The number of hydrogen-bond donors (Lipinski definition) is 2. The standard InChI is InChI=1S/C18H16ClFN8O/c19-11-9-23-17-14(24-11)10(8-22-17)16-25-15(21)13(20)18(26-16)28-5-3-27(4-6-28)12-2-1-7-29-12/h1-2,7-9H,3-6H2,(H,22,23)(H2,21,25,26). The third kappa shape index (κ3) is 3.11. The average Bonchev–Trinajstić information content (AvgIpc) is 3.40. The van der Waals surface area contributed by atoms with Gasteiger partial charge in [-0.15, -0.1) is 0 Å². The van der Waals surface area contributed by atoms with Crippen molar-refractivity contribution < 1.29 is 8.81 Å².